The van der Waals surface area contributed by atoms with Gasteiger partial charge in [0.05, 0.1) is 6.04 Å². The zero-order chi connectivity index (χ0) is 11.3. The van der Waals surface area contributed by atoms with Crippen LogP contribution in [0, 0.1) is 0 Å². The Labute approximate surface area is 92.2 Å². The first kappa shape index (κ1) is 12.5. The summed E-state index contributed by atoms with van der Waals surface area (Å²) in [4.78, 5) is 13.3. The van der Waals surface area contributed by atoms with E-state index in [2.05, 4.69) is 17.1 Å². The van der Waals surface area contributed by atoms with Crippen molar-refractivity contribution in [3.05, 3.63) is 0 Å². The summed E-state index contributed by atoms with van der Waals surface area (Å²) in [5.74, 6) is -0.217. The topological polar surface area (TPSA) is 58.4 Å². The molecule has 0 spiro atoms. The largest absolute Gasteiger partial charge is 0.368 e. The Morgan fingerprint density at radius 1 is 1.67 bits per heavy atom. The zero-order valence-corrected chi connectivity index (χ0v) is 9.83. The lowest BCUT2D eigenvalue weighted by atomic mass is 10.0. The van der Waals surface area contributed by atoms with Crippen molar-refractivity contribution >= 4 is 5.91 Å². The molecule has 2 unspecified atom stereocenters. The highest BCUT2D eigenvalue weighted by Gasteiger charge is 2.25. The lowest BCUT2D eigenvalue weighted by molar-refractivity contribution is -0.123. The first-order chi connectivity index (χ1) is 7.15. The quantitative estimate of drug-likeness (QED) is 0.691. The van der Waals surface area contributed by atoms with Gasteiger partial charge < -0.3 is 11.1 Å². The average molecular weight is 213 g/mol. The van der Waals surface area contributed by atoms with Gasteiger partial charge in [0.15, 0.2) is 0 Å². The van der Waals surface area contributed by atoms with E-state index in [0.29, 0.717) is 6.04 Å². The third-order valence-electron chi connectivity index (χ3n) is 3.10. The highest BCUT2D eigenvalue weighted by Crippen LogP contribution is 2.12. The van der Waals surface area contributed by atoms with E-state index in [1.165, 1.54) is 6.42 Å². The number of amides is 1. The maximum atomic E-state index is 11.1. The van der Waals surface area contributed by atoms with Gasteiger partial charge in [0, 0.05) is 12.6 Å². The molecule has 88 valence electrons. The molecular formula is C11H23N3O. The van der Waals surface area contributed by atoms with Crippen LogP contribution in [0.15, 0.2) is 0 Å². The van der Waals surface area contributed by atoms with Crippen molar-refractivity contribution in [2.45, 2.75) is 45.2 Å². The van der Waals surface area contributed by atoms with E-state index < -0.39 is 0 Å². The number of primary amides is 1. The summed E-state index contributed by atoms with van der Waals surface area (Å²) >= 11 is 0. The van der Waals surface area contributed by atoms with Crippen molar-refractivity contribution < 1.29 is 4.79 Å². The molecule has 0 aromatic heterocycles. The Kier molecular flexibility index (Phi) is 5.05. The Hall–Kier alpha value is -0.610. The lowest BCUT2D eigenvalue weighted by Gasteiger charge is -2.35. The van der Waals surface area contributed by atoms with Crippen molar-refractivity contribution in [3.63, 3.8) is 0 Å². The lowest BCUT2D eigenvalue weighted by Crippen LogP contribution is -2.52. The molecule has 0 aliphatic carbocycles. The summed E-state index contributed by atoms with van der Waals surface area (Å²) in [5, 5.41) is 3.50. The Morgan fingerprint density at radius 2 is 2.40 bits per heavy atom. The van der Waals surface area contributed by atoms with Crippen molar-refractivity contribution in [2.75, 3.05) is 19.6 Å². The number of nitrogens with zero attached hydrogens (tertiary/aromatic N) is 1. The van der Waals surface area contributed by atoms with Crippen LogP contribution < -0.4 is 11.1 Å². The van der Waals surface area contributed by atoms with E-state index in [9.17, 15) is 4.79 Å². The van der Waals surface area contributed by atoms with Crippen molar-refractivity contribution in [1.82, 2.24) is 10.2 Å². The molecule has 1 fully saturated rings. The van der Waals surface area contributed by atoms with Crippen LogP contribution in [0.1, 0.15) is 33.1 Å². The number of likely N-dealkylation sites (tertiary alicyclic amines) is 1. The van der Waals surface area contributed by atoms with E-state index in [-0.39, 0.29) is 11.9 Å². The Bertz CT molecular complexity index is 208. The summed E-state index contributed by atoms with van der Waals surface area (Å²) in [5.41, 5.74) is 5.31. The molecule has 0 saturated carbocycles. The molecule has 3 N–H and O–H groups in total. The summed E-state index contributed by atoms with van der Waals surface area (Å²) in [6, 6.07) is 0.400. The SMILES string of the molecule is CCCNC1CCCN(C(C)C(N)=O)C1. The molecule has 1 amide bonds. The van der Waals surface area contributed by atoms with E-state index in [1.54, 1.807) is 0 Å². The molecule has 0 bridgehead atoms. The van der Waals surface area contributed by atoms with Gasteiger partial charge in [-0.3, -0.25) is 9.69 Å². The smallest absolute Gasteiger partial charge is 0.234 e. The number of carbonyl (C=O) groups is 1. The molecule has 0 aromatic rings. The fourth-order valence-electron chi connectivity index (χ4n) is 2.05. The van der Waals surface area contributed by atoms with Gasteiger partial charge in [0.1, 0.15) is 0 Å². The molecule has 1 heterocycles. The maximum Gasteiger partial charge on any atom is 0.234 e. The molecule has 15 heavy (non-hydrogen) atoms. The monoisotopic (exact) mass is 213 g/mol. The molecule has 2 atom stereocenters. The minimum absolute atomic E-state index is 0.128. The molecule has 4 nitrogen and oxygen atoms in total. The van der Waals surface area contributed by atoms with Crippen LogP contribution in [0.5, 0.6) is 0 Å². The first-order valence-corrected chi connectivity index (χ1v) is 5.92. The van der Waals surface area contributed by atoms with Gasteiger partial charge >= 0.3 is 0 Å². The average Bonchev–Trinajstić information content (AvgIpc) is 2.25. The van der Waals surface area contributed by atoms with Gasteiger partial charge in [-0.1, -0.05) is 6.92 Å². The number of hydrogen-bond acceptors (Lipinski definition) is 3. The van der Waals surface area contributed by atoms with Crippen molar-refractivity contribution in [1.29, 1.82) is 0 Å². The number of carbonyl (C=O) groups excluding carboxylic acids is 1. The van der Waals surface area contributed by atoms with Gasteiger partial charge in [0.2, 0.25) is 5.91 Å². The summed E-state index contributed by atoms with van der Waals surface area (Å²) in [6.45, 7) is 7.06. The van der Waals surface area contributed by atoms with Crippen molar-refractivity contribution in [2.24, 2.45) is 5.73 Å². The minimum atomic E-state index is -0.217. The number of nitrogens with two attached hydrogens (primary N) is 1. The third-order valence-corrected chi connectivity index (χ3v) is 3.10. The zero-order valence-electron chi connectivity index (χ0n) is 9.83. The molecule has 1 aliphatic rings. The number of piperidine rings is 1. The number of hydrogen-bond donors (Lipinski definition) is 2. The fraction of sp³-hybridized carbons (Fsp3) is 0.909. The normalized spacial score (nSPS) is 25.1. The van der Waals surface area contributed by atoms with E-state index in [1.807, 2.05) is 6.92 Å². The number of rotatable bonds is 5. The highest BCUT2D eigenvalue weighted by atomic mass is 16.1. The van der Waals surface area contributed by atoms with Gasteiger partial charge in [-0.05, 0) is 39.3 Å². The van der Waals surface area contributed by atoms with Gasteiger partial charge in [-0.15, -0.1) is 0 Å². The van der Waals surface area contributed by atoms with Crippen LogP contribution in [-0.4, -0.2) is 42.5 Å². The molecule has 1 aliphatic heterocycles. The molecule has 1 rings (SSSR count). The van der Waals surface area contributed by atoms with Crippen LogP contribution in [0.3, 0.4) is 0 Å². The van der Waals surface area contributed by atoms with Crippen LogP contribution in [0.4, 0.5) is 0 Å². The third kappa shape index (κ3) is 3.80. The van der Waals surface area contributed by atoms with E-state index in [4.69, 9.17) is 5.73 Å². The molecule has 0 radical (unpaired) electrons. The second-order valence-corrected chi connectivity index (χ2v) is 4.37. The first-order valence-electron chi connectivity index (χ1n) is 5.92. The van der Waals surface area contributed by atoms with Crippen LogP contribution in [0.25, 0.3) is 0 Å². The molecule has 0 aromatic carbocycles. The van der Waals surface area contributed by atoms with Gasteiger partial charge in [-0.2, -0.15) is 0 Å². The molecular weight excluding hydrogens is 190 g/mol. The van der Waals surface area contributed by atoms with Gasteiger partial charge in [0.25, 0.3) is 0 Å². The second-order valence-electron chi connectivity index (χ2n) is 4.37. The van der Waals surface area contributed by atoms with E-state index >= 15 is 0 Å². The van der Waals surface area contributed by atoms with Gasteiger partial charge in [-0.25, -0.2) is 0 Å². The second kappa shape index (κ2) is 6.08. The van der Waals surface area contributed by atoms with Crippen LogP contribution in [-0.2, 0) is 4.79 Å². The molecule has 4 heteroatoms. The maximum absolute atomic E-state index is 11.1. The predicted octanol–water partition coefficient (Wildman–Crippen LogP) is 0.324. The van der Waals surface area contributed by atoms with Crippen molar-refractivity contribution in [3.8, 4) is 0 Å². The van der Waals surface area contributed by atoms with Crippen LogP contribution >= 0.6 is 0 Å². The minimum Gasteiger partial charge on any atom is -0.368 e. The summed E-state index contributed by atoms with van der Waals surface area (Å²) in [6.07, 6.45) is 3.52. The standard InChI is InChI=1S/C11H23N3O/c1-3-6-13-10-5-4-7-14(8-10)9(2)11(12)15/h9-10,13H,3-8H2,1-2H3,(H2,12,15). The highest BCUT2D eigenvalue weighted by molar-refractivity contribution is 5.79. The summed E-state index contributed by atoms with van der Waals surface area (Å²) < 4.78 is 0. The van der Waals surface area contributed by atoms with E-state index in [0.717, 1.165) is 32.5 Å². The Balaban J connectivity index is 2.38. The number of nitrogens with one attached hydrogen (secondary N) is 1. The fourth-order valence-corrected chi connectivity index (χ4v) is 2.05. The Morgan fingerprint density at radius 3 is 3.00 bits per heavy atom. The predicted molar refractivity (Wildman–Crippen MR) is 61.5 cm³/mol. The molecule has 1 saturated heterocycles. The van der Waals surface area contributed by atoms with Crippen LogP contribution in [0.2, 0.25) is 0 Å². The summed E-state index contributed by atoms with van der Waals surface area (Å²) in [7, 11) is 0.